The summed E-state index contributed by atoms with van der Waals surface area (Å²) in [5.74, 6) is -0.371. The van der Waals surface area contributed by atoms with Gasteiger partial charge in [-0.15, -0.1) is 0 Å². The lowest BCUT2D eigenvalue weighted by Gasteiger charge is -2.06. The van der Waals surface area contributed by atoms with Gasteiger partial charge in [0.1, 0.15) is 5.82 Å². The average molecular weight is 264 g/mol. The van der Waals surface area contributed by atoms with Crippen molar-refractivity contribution in [3.05, 3.63) is 70.0 Å². The van der Waals surface area contributed by atoms with Crippen LogP contribution in [-0.4, -0.2) is 7.05 Å². The van der Waals surface area contributed by atoms with Crippen LogP contribution in [0.3, 0.4) is 0 Å². The van der Waals surface area contributed by atoms with E-state index in [4.69, 9.17) is 11.6 Å². The fraction of sp³-hybridized carbons (Fsp3) is 0.200. The van der Waals surface area contributed by atoms with Crippen molar-refractivity contribution in [3.8, 4) is 0 Å². The van der Waals surface area contributed by atoms with E-state index >= 15 is 0 Å². The number of nitrogens with one attached hydrogen (secondary N) is 1. The summed E-state index contributed by atoms with van der Waals surface area (Å²) < 4.78 is 13.1. The highest BCUT2D eigenvalue weighted by Gasteiger charge is 2.02. The van der Waals surface area contributed by atoms with Gasteiger partial charge in [0.15, 0.2) is 0 Å². The Hall–Kier alpha value is -1.38. The van der Waals surface area contributed by atoms with E-state index in [2.05, 4.69) is 23.5 Å². The normalized spacial score (nSPS) is 10.6. The Balaban J connectivity index is 2.17. The molecule has 0 fully saturated rings. The quantitative estimate of drug-likeness (QED) is 0.885. The molecule has 3 heteroatoms. The van der Waals surface area contributed by atoms with Crippen LogP contribution in [0.2, 0.25) is 5.02 Å². The van der Waals surface area contributed by atoms with Crippen molar-refractivity contribution in [2.45, 2.75) is 13.0 Å². The number of rotatable bonds is 4. The van der Waals surface area contributed by atoms with Crippen LogP contribution < -0.4 is 5.32 Å². The molecular formula is C15H15ClFN. The first-order valence-corrected chi connectivity index (χ1v) is 6.23. The Morgan fingerprint density at radius 2 is 1.78 bits per heavy atom. The Morgan fingerprint density at radius 1 is 1.06 bits per heavy atom. The number of halogens is 2. The lowest BCUT2D eigenvalue weighted by atomic mass is 10.0. The van der Waals surface area contributed by atoms with Gasteiger partial charge in [0.05, 0.1) is 5.02 Å². The molecule has 0 radical (unpaired) electrons. The van der Waals surface area contributed by atoms with Gasteiger partial charge >= 0.3 is 0 Å². The average Bonchev–Trinajstić information content (AvgIpc) is 2.35. The third-order valence-electron chi connectivity index (χ3n) is 2.76. The molecule has 0 unspecified atom stereocenters. The minimum Gasteiger partial charge on any atom is -0.316 e. The molecule has 2 rings (SSSR count). The van der Waals surface area contributed by atoms with Gasteiger partial charge in [-0.1, -0.05) is 41.9 Å². The van der Waals surface area contributed by atoms with Crippen molar-refractivity contribution >= 4 is 11.6 Å². The Labute approximate surface area is 112 Å². The molecule has 0 saturated carbocycles. The zero-order valence-electron chi connectivity index (χ0n) is 10.2. The lowest BCUT2D eigenvalue weighted by molar-refractivity contribution is 0.627. The minimum absolute atomic E-state index is 0.180. The van der Waals surface area contributed by atoms with Crippen LogP contribution in [0.4, 0.5) is 4.39 Å². The summed E-state index contributed by atoms with van der Waals surface area (Å²) in [6, 6.07) is 13.2. The van der Waals surface area contributed by atoms with E-state index in [0.29, 0.717) is 0 Å². The maximum absolute atomic E-state index is 13.1. The van der Waals surface area contributed by atoms with Crippen LogP contribution in [0, 0.1) is 5.82 Å². The molecule has 2 aromatic rings. The first-order chi connectivity index (χ1) is 8.69. The highest BCUT2D eigenvalue weighted by atomic mass is 35.5. The largest absolute Gasteiger partial charge is 0.316 e. The van der Waals surface area contributed by atoms with Crippen LogP contribution in [0.1, 0.15) is 16.7 Å². The van der Waals surface area contributed by atoms with Crippen LogP contribution in [0.15, 0.2) is 42.5 Å². The predicted molar refractivity (Wildman–Crippen MR) is 73.4 cm³/mol. The highest BCUT2D eigenvalue weighted by molar-refractivity contribution is 6.30. The summed E-state index contributed by atoms with van der Waals surface area (Å²) in [6.07, 6.45) is 0.761. The first kappa shape index (κ1) is 13.1. The van der Waals surface area contributed by atoms with Crippen molar-refractivity contribution in [2.24, 2.45) is 0 Å². The van der Waals surface area contributed by atoms with Crippen LogP contribution in [0.5, 0.6) is 0 Å². The fourth-order valence-electron chi connectivity index (χ4n) is 1.94. The Kier molecular flexibility index (Phi) is 4.34. The molecule has 18 heavy (non-hydrogen) atoms. The number of benzene rings is 2. The van der Waals surface area contributed by atoms with Gasteiger partial charge in [0.2, 0.25) is 0 Å². The molecule has 2 aromatic carbocycles. The molecule has 0 heterocycles. The van der Waals surface area contributed by atoms with Crippen LogP contribution in [0.25, 0.3) is 0 Å². The third kappa shape index (κ3) is 3.31. The molecule has 0 atom stereocenters. The summed E-state index contributed by atoms with van der Waals surface area (Å²) in [7, 11) is 1.92. The third-order valence-corrected chi connectivity index (χ3v) is 3.05. The van der Waals surface area contributed by atoms with Gasteiger partial charge in [-0.3, -0.25) is 0 Å². The molecule has 1 N–H and O–H groups in total. The topological polar surface area (TPSA) is 12.0 Å². The van der Waals surface area contributed by atoms with E-state index in [0.717, 1.165) is 18.5 Å². The smallest absolute Gasteiger partial charge is 0.141 e. The molecule has 0 amide bonds. The van der Waals surface area contributed by atoms with E-state index in [1.165, 1.54) is 17.2 Å². The van der Waals surface area contributed by atoms with Crippen molar-refractivity contribution < 1.29 is 4.39 Å². The monoisotopic (exact) mass is 263 g/mol. The van der Waals surface area contributed by atoms with Gasteiger partial charge in [-0.25, -0.2) is 4.39 Å². The second-order valence-corrected chi connectivity index (χ2v) is 4.68. The number of hydrogen-bond acceptors (Lipinski definition) is 1. The van der Waals surface area contributed by atoms with Crippen molar-refractivity contribution in [3.63, 3.8) is 0 Å². The Morgan fingerprint density at radius 3 is 2.50 bits per heavy atom. The molecule has 0 aromatic heterocycles. The van der Waals surface area contributed by atoms with Crippen molar-refractivity contribution in [1.29, 1.82) is 0 Å². The van der Waals surface area contributed by atoms with E-state index in [-0.39, 0.29) is 10.8 Å². The van der Waals surface area contributed by atoms with E-state index in [1.807, 2.05) is 13.1 Å². The molecule has 0 aliphatic carbocycles. The van der Waals surface area contributed by atoms with Gasteiger partial charge in [0.25, 0.3) is 0 Å². The standard InChI is InChI=1S/C15H15ClFN/c1-18-10-13-4-2-3-11(8-13)7-12-5-6-15(17)14(16)9-12/h2-6,8-9,18H,7,10H2,1H3. The molecule has 1 nitrogen and oxygen atoms in total. The number of hydrogen-bond donors (Lipinski definition) is 1. The summed E-state index contributed by atoms with van der Waals surface area (Å²) in [4.78, 5) is 0. The highest BCUT2D eigenvalue weighted by Crippen LogP contribution is 2.18. The van der Waals surface area contributed by atoms with Crippen LogP contribution in [-0.2, 0) is 13.0 Å². The molecule has 94 valence electrons. The second-order valence-electron chi connectivity index (χ2n) is 4.28. The molecule has 0 saturated heterocycles. The summed E-state index contributed by atoms with van der Waals surface area (Å²) in [5.41, 5.74) is 3.46. The summed E-state index contributed by atoms with van der Waals surface area (Å²) in [5, 5.41) is 3.30. The second kappa shape index (κ2) is 5.98. The van der Waals surface area contributed by atoms with E-state index in [1.54, 1.807) is 12.1 Å². The maximum atomic E-state index is 13.1. The fourth-order valence-corrected chi connectivity index (χ4v) is 2.14. The first-order valence-electron chi connectivity index (χ1n) is 5.85. The van der Waals surface area contributed by atoms with Gasteiger partial charge in [-0.2, -0.15) is 0 Å². The predicted octanol–water partition coefficient (Wildman–Crippen LogP) is 3.79. The SMILES string of the molecule is CNCc1cccc(Cc2ccc(F)c(Cl)c2)c1. The van der Waals surface area contributed by atoms with E-state index < -0.39 is 0 Å². The molecule has 0 aliphatic rings. The molecule has 0 spiro atoms. The zero-order chi connectivity index (χ0) is 13.0. The zero-order valence-corrected chi connectivity index (χ0v) is 11.0. The van der Waals surface area contributed by atoms with E-state index in [9.17, 15) is 4.39 Å². The van der Waals surface area contributed by atoms with Crippen molar-refractivity contribution in [2.75, 3.05) is 7.05 Å². The van der Waals surface area contributed by atoms with Gasteiger partial charge in [-0.05, 0) is 42.3 Å². The Bertz CT molecular complexity index is 540. The summed E-state index contributed by atoms with van der Waals surface area (Å²) in [6.45, 7) is 0.845. The molecular weight excluding hydrogens is 249 g/mol. The molecule has 0 bridgehead atoms. The van der Waals surface area contributed by atoms with Crippen molar-refractivity contribution in [1.82, 2.24) is 5.32 Å². The van der Waals surface area contributed by atoms with Gasteiger partial charge in [0, 0.05) is 6.54 Å². The molecule has 0 aliphatic heterocycles. The summed E-state index contributed by atoms with van der Waals surface area (Å²) >= 11 is 5.78. The maximum Gasteiger partial charge on any atom is 0.141 e. The van der Waals surface area contributed by atoms with Crippen LogP contribution >= 0.6 is 11.6 Å². The lowest BCUT2D eigenvalue weighted by Crippen LogP contribution is -2.05. The van der Waals surface area contributed by atoms with Gasteiger partial charge < -0.3 is 5.32 Å². The minimum atomic E-state index is -0.371.